The van der Waals surface area contributed by atoms with Gasteiger partial charge in [0.25, 0.3) is 5.91 Å². The molecule has 1 aliphatic heterocycles. The monoisotopic (exact) mass is 424 g/mol. The third-order valence-corrected chi connectivity index (χ3v) is 4.84. The number of morpholine rings is 1. The van der Waals surface area contributed by atoms with E-state index < -0.39 is 12.5 Å². The van der Waals surface area contributed by atoms with Crippen molar-refractivity contribution in [3.05, 3.63) is 59.4 Å². The number of halogens is 3. The van der Waals surface area contributed by atoms with Gasteiger partial charge in [-0.1, -0.05) is 12.1 Å². The Morgan fingerprint density at radius 1 is 1.13 bits per heavy atom. The number of hydrogen-bond acceptors (Lipinski definition) is 5. The summed E-state index contributed by atoms with van der Waals surface area (Å²) in [6.07, 6.45) is 0. The van der Waals surface area contributed by atoms with E-state index in [-0.39, 0.29) is 35.5 Å². The first-order chi connectivity index (χ1) is 14.5. The van der Waals surface area contributed by atoms with Crippen LogP contribution in [0.25, 0.3) is 0 Å². The molecule has 0 saturated carbocycles. The first-order valence-electron chi connectivity index (χ1n) is 9.46. The largest absolute Gasteiger partial charge is 0.493 e. The van der Waals surface area contributed by atoms with Crippen molar-refractivity contribution in [1.82, 2.24) is 10.2 Å². The third-order valence-electron chi connectivity index (χ3n) is 4.84. The molecule has 1 saturated heterocycles. The molecule has 0 unspecified atom stereocenters. The minimum atomic E-state index is -3.04. The summed E-state index contributed by atoms with van der Waals surface area (Å²) < 4.78 is 53.4. The number of alkyl halides is 2. The Bertz CT molecular complexity index is 843. The molecule has 1 atom stereocenters. The van der Waals surface area contributed by atoms with Gasteiger partial charge in [-0.05, 0) is 35.9 Å². The van der Waals surface area contributed by atoms with E-state index in [4.69, 9.17) is 9.47 Å². The lowest BCUT2D eigenvalue weighted by molar-refractivity contribution is -0.0512. The number of carbonyl (C=O) groups excluding carboxylic acids is 1. The first kappa shape index (κ1) is 21.9. The second-order valence-electron chi connectivity index (χ2n) is 6.67. The molecule has 6 nitrogen and oxygen atoms in total. The van der Waals surface area contributed by atoms with Crippen molar-refractivity contribution in [1.29, 1.82) is 0 Å². The lowest BCUT2D eigenvalue weighted by Crippen LogP contribution is -2.43. The molecular weight excluding hydrogens is 401 g/mol. The Morgan fingerprint density at radius 2 is 1.83 bits per heavy atom. The molecule has 0 radical (unpaired) electrons. The van der Waals surface area contributed by atoms with Crippen molar-refractivity contribution < 1.29 is 32.2 Å². The molecule has 30 heavy (non-hydrogen) atoms. The summed E-state index contributed by atoms with van der Waals surface area (Å²) in [4.78, 5) is 14.8. The number of nitrogens with one attached hydrogen (secondary N) is 1. The van der Waals surface area contributed by atoms with Crippen LogP contribution in [0, 0.1) is 5.82 Å². The average Bonchev–Trinajstić information content (AvgIpc) is 2.75. The molecule has 1 heterocycles. The highest BCUT2D eigenvalue weighted by atomic mass is 19.3. The van der Waals surface area contributed by atoms with E-state index in [1.807, 2.05) is 0 Å². The predicted molar refractivity (Wildman–Crippen MR) is 103 cm³/mol. The molecule has 0 bridgehead atoms. The molecule has 2 aromatic rings. The molecule has 1 N–H and O–H groups in total. The maximum absolute atomic E-state index is 13.3. The van der Waals surface area contributed by atoms with Gasteiger partial charge >= 0.3 is 6.61 Å². The van der Waals surface area contributed by atoms with Crippen molar-refractivity contribution in [3.63, 3.8) is 0 Å². The van der Waals surface area contributed by atoms with Gasteiger partial charge < -0.3 is 19.5 Å². The number of ether oxygens (including phenoxy) is 3. The lowest BCUT2D eigenvalue weighted by atomic mass is 10.0. The minimum absolute atomic E-state index is 0.101. The van der Waals surface area contributed by atoms with Crippen molar-refractivity contribution in [3.8, 4) is 11.5 Å². The van der Waals surface area contributed by atoms with Crippen molar-refractivity contribution in [2.75, 3.05) is 40.0 Å². The number of hydrogen-bond donors (Lipinski definition) is 1. The smallest absolute Gasteiger partial charge is 0.387 e. The molecule has 3 rings (SSSR count). The number of amides is 1. The van der Waals surface area contributed by atoms with Crippen molar-refractivity contribution in [2.24, 2.45) is 0 Å². The first-order valence-corrected chi connectivity index (χ1v) is 9.46. The second-order valence-corrected chi connectivity index (χ2v) is 6.67. The SMILES string of the molecule is COc1ccc(C(=O)NC[C@@H](c2ccc(F)cc2)N2CCOCC2)cc1OC(F)F. The van der Waals surface area contributed by atoms with Crippen LogP contribution in [0.4, 0.5) is 13.2 Å². The zero-order chi connectivity index (χ0) is 21.5. The summed E-state index contributed by atoms with van der Waals surface area (Å²) in [6.45, 7) is -0.306. The molecule has 1 fully saturated rings. The van der Waals surface area contributed by atoms with Crippen LogP contribution >= 0.6 is 0 Å². The fourth-order valence-electron chi connectivity index (χ4n) is 3.33. The van der Waals surface area contributed by atoms with Crippen LogP contribution in [0.2, 0.25) is 0 Å². The van der Waals surface area contributed by atoms with Gasteiger partial charge in [0, 0.05) is 25.2 Å². The molecule has 0 aromatic heterocycles. The van der Waals surface area contributed by atoms with E-state index >= 15 is 0 Å². The minimum Gasteiger partial charge on any atom is -0.493 e. The number of nitrogens with zero attached hydrogens (tertiary/aromatic N) is 1. The fraction of sp³-hybridized carbons (Fsp3) is 0.381. The molecule has 1 amide bonds. The van der Waals surface area contributed by atoms with Gasteiger partial charge in [-0.15, -0.1) is 0 Å². The Kier molecular flexibility index (Phi) is 7.53. The van der Waals surface area contributed by atoms with E-state index in [0.29, 0.717) is 26.3 Å². The van der Waals surface area contributed by atoms with Gasteiger partial charge in [-0.25, -0.2) is 4.39 Å². The summed E-state index contributed by atoms with van der Waals surface area (Å²) in [6, 6.07) is 10.0. The normalized spacial score (nSPS) is 15.6. The summed E-state index contributed by atoms with van der Waals surface area (Å²) >= 11 is 0. The van der Waals surface area contributed by atoms with Gasteiger partial charge in [-0.3, -0.25) is 9.69 Å². The standard InChI is InChI=1S/C21H23F3N2O4/c1-28-18-7-4-15(12-19(18)30-21(23)24)20(27)25-13-17(26-8-10-29-11-9-26)14-2-5-16(22)6-3-14/h2-7,12,17,21H,8-11,13H2,1H3,(H,25,27)/t17-/m0/s1. The number of rotatable bonds is 8. The van der Waals surface area contributed by atoms with E-state index in [2.05, 4.69) is 15.0 Å². The highest BCUT2D eigenvalue weighted by Gasteiger charge is 2.24. The number of carbonyl (C=O) groups is 1. The maximum atomic E-state index is 13.3. The van der Waals surface area contributed by atoms with Crippen molar-refractivity contribution in [2.45, 2.75) is 12.7 Å². The molecule has 162 valence electrons. The zero-order valence-corrected chi connectivity index (χ0v) is 16.4. The van der Waals surface area contributed by atoms with Crippen molar-refractivity contribution >= 4 is 5.91 Å². The Balaban J connectivity index is 1.74. The summed E-state index contributed by atoms with van der Waals surface area (Å²) in [5.74, 6) is -0.904. The lowest BCUT2D eigenvalue weighted by Gasteiger charge is -2.35. The van der Waals surface area contributed by atoms with E-state index in [9.17, 15) is 18.0 Å². The molecular formula is C21H23F3N2O4. The molecule has 2 aromatic carbocycles. The van der Waals surface area contributed by atoms with Crippen LogP contribution in [0.3, 0.4) is 0 Å². The predicted octanol–water partition coefficient (Wildman–Crippen LogP) is 3.24. The maximum Gasteiger partial charge on any atom is 0.387 e. The van der Waals surface area contributed by atoms with Gasteiger partial charge in [-0.2, -0.15) is 8.78 Å². The summed E-state index contributed by atoms with van der Waals surface area (Å²) in [5, 5.41) is 2.83. The zero-order valence-electron chi connectivity index (χ0n) is 16.4. The Morgan fingerprint density at radius 3 is 2.47 bits per heavy atom. The highest BCUT2D eigenvalue weighted by Crippen LogP contribution is 2.29. The summed E-state index contributed by atoms with van der Waals surface area (Å²) in [7, 11) is 1.32. The topological polar surface area (TPSA) is 60.0 Å². The van der Waals surface area contributed by atoms with Crippen LogP contribution in [-0.4, -0.2) is 57.4 Å². The van der Waals surface area contributed by atoms with Crippen LogP contribution in [0.1, 0.15) is 22.0 Å². The van der Waals surface area contributed by atoms with Crippen LogP contribution in [0.5, 0.6) is 11.5 Å². The molecule has 9 heteroatoms. The quantitative estimate of drug-likeness (QED) is 0.705. The van der Waals surface area contributed by atoms with E-state index in [1.165, 1.54) is 37.4 Å². The van der Waals surface area contributed by atoms with E-state index in [0.717, 1.165) is 5.56 Å². The molecule has 0 aliphatic carbocycles. The van der Waals surface area contributed by atoms with Gasteiger partial charge in [0.15, 0.2) is 11.5 Å². The third kappa shape index (κ3) is 5.64. The van der Waals surface area contributed by atoms with E-state index in [1.54, 1.807) is 12.1 Å². The second kappa shape index (κ2) is 10.3. The number of methoxy groups -OCH3 is 1. The van der Waals surface area contributed by atoms with Gasteiger partial charge in [0.05, 0.1) is 26.4 Å². The highest BCUT2D eigenvalue weighted by molar-refractivity contribution is 5.94. The van der Waals surface area contributed by atoms with Gasteiger partial charge in [0.1, 0.15) is 5.82 Å². The Labute approximate surface area is 172 Å². The fourth-order valence-corrected chi connectivity index (χ4v) is 3.33. The Hall–Kier alpha value is -2.78. The van der Waals surface area contributed by atoms with Crippen LogP contribution < -0.4 is 14.8 Å². The van der Waals surface area contributed by atoms with Gasteiger partial charge in [0.2, 0.25) is 0 Å². The molecule has 0 spiro atoms. The summed E-state index contributed by atoms with van der Waals surface area (Å²) in [5.41, 5.74) is 1.02. The number of benzene rings is 2. The average molecular weight is 424 g/mol. The van der Waals surface area contributed by atoms with Crippen LogP contribution in [-0.2, 0) is 4.74 Å². The molecule has 1 aliphatic rings. The van der Waals surface area contributed by atoms with Crippen LogP contribution in [0.15, 0.2) is 42.5 Å².